The zero-order valence-corrected chi connectivity index (χ0v) is 15.4. The fourth-order valence-corrected chi connectivity index (χ4v) is 3.45. The molecule has 3 aromatic heterocycles. The van der Waals surface area contributed by atoms with Crippen LogP contribution >= 0.6 is 11.3 Å². The number of aryl methyl sites for hydroxylation is 1. The van der Waals surface area contributed by atoms with E-state index in [2.05, 4.69) is 20.3 Å². The van der Waals surface area contributed by atoms with E-state index in [0.717, 1.165) is 32.2 Å². The molecular formula is C20H16N4O2S. The second-order valence-electron chi connectivity index (χ2n) is 5.90. The number of nitrogens with one attached hydrogen (secondary N) is 1. The van der Waals surface area contributed by atoms with Crippen LogP contribution in [0.1, 0.15) is 5.56 Å². The Morgan fingerprint density at radius 3 is 2.89 bits per heavy atom. The van der Waals surface area contributed by atoms with Gasteiger partial charge in [-0.15, -0.1) is 0 Å². The molecule has 0 unspecified atom stereocenters. The van der Waals surface area contributed by atoms with Crippen LogP contribution in [0.3, 0.4) is 0 Å². The first-order valence-corrected chi connectivity index (χ1v) is 9.16. The number of hydrogen-bond donors (Lipinski definition) is 1. The first kappa shape index (κ1) is 17.1. The van der Waals surface area contributed by atoms with E-state index < -0.39 is 0 Å². The van der Waals surface area contributed by atoms with Gasteiger partial charge in [0.2, 0.25) is 0 Å². The molecule has 0 radical (unpaired) electrons. The number of aromatic nitrogens is 3. The summed E-state index contributed by atoms with van der Waals surface area (Å²) in [7, 11) is 0. The second kappa shape index (κ2) is 7.51. The van der Waals surface area contributed by atoms with Crippen molar-refractivity contribution in [3.05, 3.63) is 66.6 Å². The summed E-state index contributed by atoms with van der Waals surface area (Å²) in [6.45, 7) is 1.86. The molecule has 1 aromatic carbocycles. The standard InChI is InChI=1S/C20H16N4O2S/c1-13-6-7-14(19-24-16-5-3-9-22-20(16)27-19)10-17(13)23-18(25)12-26-15-4-2-8-21-11-15/h2-11H,12H2,1H3,(H,23,25). The van der Waals surface area contributed by atoms with Gasteiger partial charge in [0.1, 0.15) is 21.1 Å². The zero-order chi connectivity index (χ0) is 18.6. The third kappa shape index (κ3) is 3.93. The van der Waals surface area contributed by atoms with Gasteiger partial charge in [0.15, 0.2) is 6.61 Å². The number of ether oxygens (including phenoxy) is 1. The molecule has 4 rings (SSSR count). The van der Waals surface area contributed by atoms with Crippen LogP contribution in [0.4, 0.5) is 5.69 Å². The first-order chi connectivity index (χ1) is 13.2. The predicted molar refractivity (Wildman–Crippen MR) is 106 cm³/mol. The lowest BCUT2D eigenvalue weighted by molar-refractivity contribution is -0.118. The van der Waals surface area contributed by atoms with Crippen LogP contribution in [0.2, 0.25) is 0 Å². The fraction of sp³-hybridized carbons (Fsp3) is 0.100. The highest BCUT2D eigenvalue weighted by Gasteiger charge is 2.11. The molecule has 0 aliphatic carbocycles. The molecule has 0 aliphatic heterocycles. The van der Waals surface area contributed by atoms with Gasteiger partial charge in [0.05, 0.1) is 6.20 Å². The highest BCUT2D eigenvalue weighted by Crippen LogP contribution is 2.31. The highest BCUT2D eigenvalue weighted by molar-refractivity contribution is 7.21. The van der Waals surface area contributed by atoms with Gasteiger partial charge in [0.25, 0.3) is 5.91 Å². The molecule has 6 nitrogen and oxygen atoms in total. The number of rotatable bonds is 5. The molecule has 0 spiro atoms. The molecule has 0 saturated heterocycles. The van der Waals surface area contributed by atoms with Crippen LogP contribution in [-0.2, 0) is 4.79 Å². The lowest BCUT2D eigenvalue weighted by Crippen LogP contribution is -2.20. The molecule has 0 atom stereocenters. The summed E-state index contributed by atoms with van der Waals surface area (Å²) < 4.78 is 5.44. The van der Waals surface area contributed by atoms with Crippen molar-refractivity contribution in [1.82, 2.24) is 15.0 Å². The average molecular weight is 376 g/mol. The van der Waals surface area contributed by atoms with Crippen molar-refractivity contribution in [3.63, 3.8) is 0 Å². The Kier molecular flexibility index (Phi) is 4.76. The highest BCUT2D eigenvalue weighted by atomic mass is 32.1. The van der Waals surface area contributed by atoms with E-state index in [0.29, 0.717) is 5.75 Å². The Morgan fingerprint density at radius 1 is 1.19 bits per heavy atom. The van der Waals surface area contributed by atoms with Gasteiger partial charge < -0.3 is 10.1 Å². The molecule has 0 aliphatic rings. The minimum Gasteiger partial charge on any atom is -0.482 e. The average Bonchev–Trinajstić information content (AvgIpc) is 3.13. The normalized spacial score (nSPS) is 10.7. The number of pyridine rings is 2. The quantitative estimate of drug-likeness (QED) is 0.568. The molecule has 1 N–H and O–H groups in total. The van der Waals surface area contributed by atoms with E-state index in [-0.39, 0.29) is 12.5 Å². The summed E-state index contributed by atoms with van der Waals surface area (Å²) in [4.78, 5) is 26.0. The number of nitrogens with zero attached hydrogens (tertiary/aromatic N) is 3. The zero-order valence-electron chi connectivity index (χ0n) is 14.5. The van der Waals surface area contributed by atoms with E-state index in [9.17, 15) is 4.79 Å². The fourth-order valence-electron chi connectivity index (χ4n) is 2.55. The minimum atomic E-state index is -0.231. The lowest BCUT2D eigenvalue weighted by atomic mass is 10.1. The van der Waals surface area contributed by atoms with E-state index in [1.165, 1.54) is 11.3 Å². The smallest absolute Gasteiger partial charge is 0.262 e. The molecule has 1 amide bonds. The number of fused-ring (bicyclic) bond motifs is 1. The van der Waals surface area contributed by atoms with Crippen LogP contribution in [-0.4, -0.2) is 27.5 Å². The van der Waals surface area contributed by atoms with Crippen molar-refractivity contribution in [3.8, 4) is 16.3 Å². The Morgan fingerprint density at radius 2 is 2.07 bits per heavy atom. The molecule has 7 heteroatoms. The van der Waals surface area contributed by atoms with Crippen LogP contribution < -0.4 is 10.1 Å². The van der Waals surface area contributed by atoms with Crippen molar-refractivity contribution in [2.24, 2.45) is 0 Å². The topological polar surface area (TPSA) is 77.0 Å². The molecule has 0 bridgehead atoms. The summed E-state index contributed by atoms with van der Waals surface area (Å²) in [5, 5.41) is 3.77. The number of anilines is 1. The summed E-state index contributed by atoms with van der Waals surface area (Å²) in [5.41, 5.74) is 3.51. The van der Waals surface area contributed by atoms with Gasteiger partial charge in [0, 0.05) is 23.6 Å². The van der Waals surface area contributed by atoms with E-state index in [1.807, 2.05) is 37.3 Å². The minimum absolute atomic E-state index is 0.0829. The maximum atomic E-state index is 12.2. The molecule has 27 heavy (non-hydrogen) atoms. The van der Waals surface area contributed by atoms with Crippen LogP contribution in [0.5, 0.6) is 5.75 Å². The summed E-state index contributed by atoms with van der Waals surface area (Å²) in [6, 6.07) is 13.2. The Bertz CT molecular complexity index is 1060. The molecular weight excluding hydrogens is 360 g/mol. The number of hydrogen-bond acceptors (Lipinski definition) is 6. The van der Waals surface area contributed by atoms with Gasteiger partial charge in [-0.1, -0.05) is 23.5 Å². The summed E-state index contributed by atoms with van der Waals surface area (Å²) >= 11 is 1.52. The van der Waals surface area contributed by atoms with Gasteiger partial charge in [-0.2, -0.15) is 0 Å². The first-order valence-electron chi connectivity index (χ1n) is 8.34. The van der Waals surface area contributed by atoms with Gasteiger partial charge in [-0.25, -0.2) is 9.97 Å². The lowest BCUT2D eigenvalue weighted by Gasteiger charge is -2.10. The van der Waals surface area contributed by atoms with Crippen molar-refractivity contribution in [2.45, 2.75) is 6.92 Å². The SMILES string of the molecule is Cc1ccc(-c2nc3cccnc3s2)cc1NC(=O)COc1cccnc1. The van der Waals surface area contributed by atoms with E-state index in [4.69, 9.17) is 4.74 Å². The summed E-state index contributed by atoms with van der Waals surface area (Å²) in [6.07, 6.45) is 4.98. The number of carbonyl (C=O) groups is 1. The molecule has 3 heterocycles. The van der Waals surface area contributed by atoms with Crippen LogP contribution in [0, 0.1) is 6.92 Å². The third-order valence-corrected chi connectivity index (χ3v) is 4.96. The molecule has 4 aromatic rings. The number of amides is 1. The largest absolute Gasteiger partial charge is 0.482 e. The summed E-state index contributed by atoms with van der Waals surface area (Å²) in [5.74, 6) is 0.324. The van der Waals surface area contributed by atoms with E-state index in [1.54, 1.807) is 30.7 Å². The predicted octanol–water partition coefficient (Wildman–Crippen LogP) is 4.08. The van der Waals surface area contributed by atoms with Crippen LogP contribution in [0.15, 0.2) is 61.1 Å². The Labute approximate surface area is 159 Å². The number of carbonyl (C=O) groups excluding carboxylic acids is 1. The van der Waals surface area contributed by atoms with E-state index >= 15 is 0 Å². The van der Waals surface area contributed by atoms with Gasteiger partial charge in [-0.05, 0) is 42.8 Å². The molecule has 0 fully saturated rings. The Balaban J connectivity index is 1.51. The third-order valence-electron chi connectivity index (χ3n) is 3.93. The van der Waals surface area contributed by atoms with Gasteiger partial charge in [-0.3, -0.25) is 9.78 Å². The molecule has 0 saturated carbocycles. The van der Waals surface area contributed by atoms with Crippen LogP contribution in [0.25, 0.3) is 20.9 Å². The van der Waals surface area contributed by atoms with Crippen molar-refractivity contribution >= 4 is 33.3 Å². The monoisotopic (exact) mass is 376 g/mol. The number of benzene rings is 1. The van der Waals surface area contributed by atoms with Crippen molar-refractivity contribution in [2.75, 3.05) is 11.9 Å². The van der Waals surface area contributed by atoms with Crippen molar-refractivity contribution in [1.29, 1.82) is 0 Å². The number of thiazole rings is 1. The van der Waals surface area contributed by atoms with Crippen molar-refractivity contribution < 1.29 is 9.53 Å². The second-order valence-corrected chi connectivity index (χ2v) is 6.88. The van der Waals surface area contributed by atoms with Gasteiger partial charge >= 0.3 is 0 Å². The maximum absolute atomic E-state index is 12.2. The Hall–Kier alpha value is -3.32. The maximum Gasteiger partial charge on any atom is 0.262 e. The molecule has 134 valence electrons.